The van der Waals surface area contributed by atoms with Gasteiger partial charge in [0.2, 0.25) is 0 Å². The molecule has 0 fully saturated rings. The number of allylic oxidation sites excluding steroid dienone is 1. The third kappa shape index (κ3) is 5.74. The fourth-order valence-electron chi connectivity index (χ4n) is 0.380. The van der Waals surface area contributed by atoms with Gasteiger partial charge in [0, 0.05) is 2.74 Å². The first-order chi connectivity index (χ1) is 4.31. The molecule has 0 aromatic carbocycles. The zero-order valence-corrected chi connectivity index (χ0v) is 4.69. The average molecular weight is 100 g/mol. The summed E-state index contributed by atoms with van der Waals surface area (Å²) < 4.78 is 14.0. The lowest BCUT2D eigenvalue weighted by molar-refractivity contribution is 0.730. The first kappa shape index (κ1) is 3.71. The Bertz CT molecular complexity index is 71.3. The molecule has 0 N–H and O–H groups in total. The van der Waals surface area contributed by atoms with Crippen LogP contribution in [0.1, 0.15) is 35.3 Å². The van der Waals surface area contributed by atoms with Gasteiger partial charge in [0.15, 0.2) is 0 Å². The van der Waals surface area contributed by atoms with Crippen LogP contribution in [0.2, 0.25) is 0 Å². The summed E-state index contributed by atoms with van der Waals surface area (Å²) in [5, 5.41) is 0. The molecular weight excluding hydrogens is 84.1 g/mol. The van der Waals surface area contributed by atoms with Crippen molar-refractivity contribution in [2.45, 2.75) is 32.6 Å². The van der Waals surface area contributed by atoms with Crippen molar-refractivity contribution in [2.24, 2.45) is 0 Å². The molecule has 0 aliphatic heterocycles. The second kappa shape index (κ2) is 5.74. The van der Waals surface area contributed by atoms with Crippen molar-refractivity contribution in [3.8, 4) is 0 Å². The molecule has 0 aromatic rings. The van der Waals surface area contributed by atoms with E-state index >= 15 is 0 Å². The molecule has 0 saturated heterocycles. The fraction of sp³-hybridized carbons (Fsp3) is 0.714. The minimum atomic E-state index is -0.114. The van der Waals surface area contributed by atoms with Crippen molar-refractivity contribution in [3.63, 3.8) is 0 Å². The summed E-state index contributed by atoms with van der Waals surface area (Å²) in [5.74, 6) is 0. The van der Waals surface area contributed by atoms with Crippen molar-refractivity contribution in [3.05, 3.63) is 12.7 Å². The highest BCUT2D eigenvalue weighted by Crippen LogP contribution is 1.97. The third-order valence-corrected chi connectivity index (χ3v) is 0.787. The smallest absolute Gasteiger partial charge is 0.0310 e. The van der Waals surface area contributed by atoms with E-state index in [-0.39, 0.29) is 6.40 Å². The summed E-state index contributed by atoms with van der Waals surface area (Å²) in [6.45, 7) is 3.99. The highest BCUT2D eigenvalue weighted by Gasteiger charge is 1.77. The topological polar surface area (TPSA) is 0 Å². The molecule has 0 heterocycles. The van der Waals surface area contributed by atoms with Gasteiger partial charge in [-0.3, -0.25) is 0 Å². The van der Waals surface area contributed by atoms with Crippen LogP contribution in [0.15, 0.2) is 12.7 Å². The Balaban J connectivity index is 2.96. The quantitative estimate of drug-likeness (QED) is 0.376. The lowest BCUT2D eigenvalue weighted by atomic mass is 10.2. The van der Waals surface area contributed by atoms with Gasteiger partial charge in [-0.15, -0.1) is 6.58 Å². The van der Waals surface area contributed by atoms with E-state index in [1.807, 2.05) is 0 Å². The van der Waals surface area contributed by atoms with Gasteiger partial charge in [-0.1, -0.05) is 25.8 Å². The van der Waals surface area contributed by atoms with E-state index in [2.05, 4.69) is 6.58 Å². The van der Waals surface area contributed by atoms with Crippen LogP contribution in [0.25, 0.3) is 0 Å². The molecule has 1 atom stereocenters. The maximum absolute atomic E-state index is 7.22. The second-order valence-corrected chi connectivity index (χ2v) is 1.47. The molecule has 0 radical (unpaired) electrons. The van der Waals surface area contributed by atoms with E-state index in [0.717, 1.165) is 19.3 Å². The predicted octanol–water partition coefficient (Wildman–Crippen LogP) is 2.75. The summed E-state index contributed by atoms with van der Waals surface area (Å²) in [5.41, 5.74) is 0. The molecule has 0 rings (SSSR count). The molecule has 1 unspecified atom stereocenters. The zero-order valence-electron chi connectivity index (χ0n) is 6.69. The van der Waals surface area contributed by atoms with E-state index in [9.17, 15) is 0 Å². The van der Waals surface area contributed by atoms with Crippen molar-refractivity contribution in [2.75, 3.05) is 0 Å². The summed E-state index contributed by atoms with van der Waals surface area (Å²) >= 11 is 0. The minimum Gasteiger partial charge on any atom is -0.103 e. The molecule has 0 aliphatic carbocycles. The lowest BCUT2D eigenvalue weighted by Gasteiger charge is -1.87. The monoisotopic (exact) mass is 100 g/mol. The largest absolute Gasteiger partial charge is 0.103 e. The van der Waals surface area contributed by atoms with Gasteiger partial charge in [-0.2, -0.15) is 0 Å². The Morgan fingerprint density at radius 3 is 3.29 bits per heavy atom. The normalized spacial score (nSPS) is 17.1. The van der Waals surface area contributed by atoms with Crippen molar-refractivity contribution >= 4 is 0 Å². The standard InChI is InChI=1S/C7H14/c1-3-5-7-6-4-2/h3H,1,4-7H2,2H3/i2D,5D. The third-order valence-electron chi connectivity index (χ3n) is 0.787. The molecular formula is C7H14. The van der Waals surface area contributed by atoms with Crippen LogP contribution >= 0.6 is 0 Å². The first-order valence-electron chi connectivity index (χ1n) is 3.93. The van der Waals surface area contributed by atoms with E-state index in [1.54, 1.807) is 6.08 Å². The Morgan fingerprint density at radius 2 is 2.71 bits per heavy atom. The van der Waals surface area contributed by atoms with Crippen molar-refractivity contribution < 1.29 is 2.74 Å². The van der Waals surface area contributed by atoms with E-state index in [1.165, 1.54) is 0 Å². The predicted molar refractivity (Wildman–Crippen MR) is 34.3 cm³/mol. The second-order valence-electron chi connectivity index (χ2n) is 1.47. The Morgan fingerprint density at radius 1 is 1.86 bits per heavy atom. The van der Waals surface area contributed by atoms with Crippen molar-refractivity contribution in [1.82, 2.24) is 0 Å². The summed E-state index contributed by atoms with van der Waals surface area (Å²) in [4.78, 5) is 0. The minimum absolute atomic E-state index is 0.114. The molecule has 0 spiro atoms. The Kier molecular flexibility index (Phi) is 3.04. The van der Waals surface area contributed by atoms with Gasteiger partial charge in [0.25, 0.3) is 0 Å². The van der Waals surface area contributed by atoms with Gasteiger partial charge in [-0.05, 0) is 12.8 Å². The Hall–Kier alpha value is -0.260. The zero-order chi connectivity index (χ0) is 7.11. The molecule has 0 bridgehead atoms. The lowest BCUT2D eigenvalue weighted by Crippen LogP contribution is -1.67. The summed E-state index contributed by atoms with van der Waals surface area (Å²) in [7, 11) is 0. The van der Waals surface area contributed by atoms with Gasteiger partial charge in [0.1, 0.15) is 0 Å². The highest BCUT2D eigenvalue weighted by atomic mass is 13.8. The number of unbranched alkanes of at least 4 members (excludes halogenated alkanes) is 1. The summed E-state index contributed by atoms with van der Waals surface area (Å²) in [6.07, 6.45) is 4.30. The van der Waals surface area contributed by atoms with E-state index < -0.39 is 0 Å². The van der Waals surface area contributed by atoms with Gasteiger partial charge >= 0.3 is 0 Å². The Labute approximate surface area is 49.0 Å². The molecule has 0 saturated carbocycles. The highest BCUT2D eigenvalue weighted by molar-refractivity contribution is 4.64. The van der Waals surface area contributed by atoms with Crippen LogP contribution in [0.5, 0.6) is 0 Å². The number of hydrogen-bond donors (Lipinski definition) is 0. The van der Waals surface area contributed by atoms with E-state index in [4.69, 9.17) is 2.74 Å². The molecule has 42 valence electrons. The number of hydrogen-bond acceptors (Lipinski definition) is 0. The molecule has 0 nitrogen and oxygen atoms in total. The van der Waals surface area contributed by atoms with E-state index in [0.29, 0.717) is 6.90 Å². The summed E-state index contributed by atoms with van der Waals surface area (Å²) in [6, 6.07) is 0. The van der Waals surface area contributed by atoms with Gasteiger partial charge in [-0.25, -0.2) is 0 Å². The van der Waals surface area contributed by atoms with Gasteiger partial charge < -0.3 is 0 Å². The maximum Gasteiger partial charge on any atom is 0.0310 e. The molecule has 0 aliphatic rings. The van der Waals surface area contributed by atoms with Crippen LogP contribution in [0, 0.1) is 0 Å². The van der Waals surface area contributed by atoms with Crippen LogP contribution < -0.4 is 0 Å². The fourth-order valence-corrected chi connectivity index (χ4v) is 0.380. The molecule has 0 aromatic heterocycles. The van der Waals surface area contributed by atoms with Crippen molar-refractivity contribution in [1.29, 1.82) is 0 Å². The molecule has 0 amide bonds. The molecule has 0 heteroatoms. The SMILES string of the molecule is [2H]CCCCC([2H])C=C. The number of rotatable bonds is 4. The molecule has 7 heavy (non-hydrogen) atoms. The van der Waals surface area contributed by atoms with Crippen LogP contribution in [0.4, 0.5) is 0 Å². The first-order valence-corrected chi connectivity index (χ1v) is 2.65. The maximum atomic E-state index is 7.22. The van der Waals surface area contributed by atoms with Crippen LogP contribution in [-0.2, 0) is 0 Å². The van der Waals surface area contributed by atoms with Gasteiger partial charge in [0.05, 0.1) is 0 Å². The average Bonchev–Trinajstić information content (AvgIpc) is 1.89. The van der Waals surface area contributed by atoms with Crippen LogP contribution in [-0.4, -0.2) is 0 Å². The van der Waals surface area contributed by atoms with Crippen LogP contribution in [0.3, 0.4) is 0 Å².